The summed E-state index contributed by atoms with van der Waals surface area (Å²) in [6, 6.07) is 7.42. The van der Waals surface area contributed by atoms with Crippen LogP contribution in [-0.2, 0) is 33.1 Å². The van der Waals surface area contributed by atoms with E-state index in [1.165, 1.54) is 0 Å². The van der Waals surface area contributed by atoms with Crippen LogP contribution in [0.2, 0.25) is 5.15 Å². The Morgan fingerprint density at radius 2 is 2.00 bits per heavy atom. The lowest BCUT2D eigenvalue weighted by Crippen LogP contribution is -2.32. The van der Waals surface area contributed by atoms with E-state index in [1.807, 2.05) is 22.8 Å². The second-order valence-electron chi connectivity index (χ2n) is 8.76. The molecule has 0 radical (unpaired) electrons. The summed E-state index contributed by atoms with van der Waals surface area (Å²) in [6.45, 7) is 0.671. The number of carbonyl (C=O) groups excluding carboxylic acids is 1. The minimum absolute atomic E-state index is 0.0765. The van der Waals surface area contributed by atoms with Gasteiger partial charge in [-0.25, -0.2) is 13.4 Å². The van der Waals surface area contributed by atoms with Crippen molar-refractivity contribution < 1.29 is 13.2 Å². The lowest BCUT2D eigenvalue weighted by Gasteiger charge is -2.19. The molecule has 2 saturated carbocycles. The van der Waals surface area contributed by atoms with E-state index in [-0.39, 0.29) is 16.9 Å². The van der Waals surface area contributed by atoms with E-state index >= 15 is 0 Å². The van der Waals surface area contributed by atoms with E-state index in [4.69, 9.17) is 11.6 Å². The van der Waals surface area contributed by atoms with Gasteiger partial charge in [0, 0.05) is 18.4 Å². The Balaban J connectivity index is 1.39. The van der Waals surface area contributed by atoms with Gasteiger partial charge in [-0.05, 0) is 55.5 Å². The number of sulfone groups is 1. The summed E-state index contributed by atoms with van der Waals surface area (Å²) in [7, 11) is -3.11. The highest BCUT2D eigenvalue weighted by Crippen LogP contribution is 2.57. The maximum Gasteiger partial charge on any atom is 0.238 e. The van der Waals surface area contributed by atoms with Gasteiger partial charge < -0.3 is 9.47 Å². The molecule has 160 valence electrons. The largest absolute Gasteiger partial charge is 0.341 e. The molecule has 0 unspecified atom stereocenters. The molecule has 0 aromatic carbocycles. The van der Waals surface area contributed by atoms with Crippen molar-refractivity contribution in [3.8, 4) is 0 Å². The normalized spacial score (nSPS) is 19.4. The number of carbonyl (C=O) groups is 1. The van der Waals surface area contributed by atoms with Gasteiger partial charge in [0.1, 0.15) is 5.15 Å². The Hall–Kier alpha value is -2.45. The first kappa shape index (κ1) is 19.3. The summed E-state index contributed by atoms with van der Waals surface area (Å²) in [5.74, 6) is 0.177. The summed E-state index contributed by atoms with van der Waals surface area (Å²) < 4.78 is 27.0. The van der Waals surface area contributed by atoms with Crippen LogP contribution in [0.3, 0.4) is 0 Å². The third-order valence-electron chi connectivity index (χ3n) is 6.77. The van der Waals surface area contributed by atoms with Crippen molar-refractivity contribution in [2.24, 2.45) is 0 Å². The first-order valence-electron chi connectivity index (χ1n) is 10.5. The number of nitrogens with zero attached hydrogens (tertiary/aromatic N) is 4. The standard InChI is InChI=1S/C22H21ClN4O3S/c23-20-4-3-18-17(25-20)11-14(26(18)9-10-31(29,30)15-1-2-15)13-27-19-12-24-8-5-16(19)22(6-7-22)21(27)28/h3-5,8,11-12,15H,1-2,6-7,9-10,13H2. The number of pyridine rings is 2. The van der Waals surface area contributed by atoms with Crippen molar-refractivity contribution in [3.05, 3.63) is 53.1 Å². The molecule has 0 bridgehead atoms. The topological polar surface area (TPSA) is 85.2 Å². The molecule has 31 heavy (non-hydrogen) atoms. The van der Waals surface area contributed by atoms with Gasteiger partial charge >= 0.3 is 0 Å². The molecule has 7 nitrogen and oxygen atoms in total. The van der Waals surface area contributed by atoms with E-state index in [9.17, 15) is 13.2 Å². The number of aryl methyl sites for hydroxylation is 1. The van der Waals surface area contributed by atoms with Gasteiger partial charge in [-0.3, -0.25) is 9.78 Å². The van der Waals surface area contributed by atoms with Crippen LogP contribution in [0.1, 0.15) is 36.9 Å². The number of hydrogen-bond acceptors (Lipinski definition) is 5. The van der Waals surface area contributed by atoms with Crippen LogP contribution in [0.5, 0.6) is 0 Å². The van der Waals surface area contributed by atoms with Crippen molar-refractivity contribution in [1.29, 1.82) is 0 Å². The van der Waals surface area contributed by atoms with E-state index in [0.29, 0.717) is 23.8 Å². The third-order valence-corrected chi connectivity index (χ3v) is 9.22. The van der Waals surface area contributed by atoms with Crippen LogP contribution in [0.25, 0.3) is 11.0 Å². The quantitative estimate of drug-likeness (QED) is 0.531. The van der Waals surface area contributed by atoms with Crippen LogP contribution < -0.4 is 4.90 Å². The molecule has 6 rings (SSSR count). The highest BCUT2D eigenvalue weighted by molar-refractivity contribution is 7.92. The molecule has 0 N–H and O–H groups in total. The van der Waals surface area contributed by atoms with Crippen molar-refractivity contribution >= 4 is 44.1 Å². The average Bonchev–Trinajstić information content (AvgIpc) is 3.65. The molecule has 9 heteroatoms. The van der Waals surface area contributed by atoms with Crippen molar-refractivity contribution in [2.75, 3.05) is 10.7 Å². The molecule has 1 aliphatic heterocycles. The van der Waals surface area contributed by atoms with Gasteiger partial charge in [-0.1, -0.05) is 11.6 Å². The second-order valence-corrected chi connectivity index (χ2v) is 11.5. The Morgan fingerprint density at radius 3 is 2.74 bits per heavy atom. The maximum atomic E-state index is 13.3. The predicted octanol–water partition coefficient (Wildman–Crippen LogP) is 3.24. The Labute approximate surface area is 185 Å². The molecule has 2 fully saturated rings. The molecule has 1 amide bonds. The fourth-order valence-electron chi connectivity index (χ4n) is 4.79. The molecule has 3 aromatic heterocycles. The summed E-state index contributed by atoms with van der Waals surface area (Å²) in [5, 5.41) is 0.184. The molecule has 2 aliphatic carbocycles. The van der Waals surface area contributed by atoms with Crippen LogP contribution in [-0.4, -0.2) is 39.9 Å². The molecule has 0 saturated heterocycles. The van der Waals surface area contributed by atoms with Crippen LogP contribution in [0.4, 0.5) is 5.69 Å². The molecular formula is C22H21ClN4O3S. The zero-order valence-corrected chi connectivity index (χ0v) is 18.4. The lowest BCUT2D eigenvalue weighted by atomic mass is 9.99. The van der Waals surface area contributed by atoms with Gasteiger partial charge in [-0.15, -0.1) is 0 Å². The van der Waals surface area contributed by atoms with Gasteiger partial charge in [-0.2, -0.15) is 0 Å². The number of amides is 1. The van der Waals surface area contributed by atoms with E-state index < -0.39 is 15.3 Å². The Kier molecular flexibility index (Phi) is 4.05. The Bertz CT molecular complexity index is 1340. The van der Waals surface area contributed by atoms with Crippen molar-refractivity contribution in [2.45, 2.75) is 49.4 Å². The molecule has 3 aliphatic rings. The minimum Gasteiger partial charge on any atom is -0.341 e. The molecule has 3 aromatic rings. The summed E-state index contributed by atoms with van der Waals surface area (Å²) in [6.07, 6.45) is 6.72. The number of hydrogen-bond donors (Lipinski definition) is 0. The SMILES string of the molecule is O=C1N(Cc2cc3nc(Cl)ccc3n2CCS(=O)(=O)C2CC2)c2cnccc2C12CC2. The summed E-state index contributed by atoms with van der Waals surface area (Å²) in [4.78, 5) is 23.7. The molecule has 1 spiro atoms. The van der Waals surface area contributed by atoms with Crippen LogP contribution in [0.15, 0.2) is 36.7 Å². The van der Waals surface area contributed by atoms with Crippen molar-refractivity contribution in [1.82, 2.24) is 14.5 Å². The maximum absolute atomic E-state index is 13.3. The first-order valence-corrected chi connectivity index (χ1v) is 12.6. The number of halogens is 1. The fraction of sp³-hybridized carbons (Fsp3) is 0.409. The first-order chi connectivity index (χ1) is 14.9. The van der Waals surface area contributed by atoms with E-state index in [2.05, 4.69) is 9.97 Å². The fourth-order valence-corrected chi connectivity index (χ4v) is 6.57. The van der Waals surface area contributed by atoms with Crippen LogP contribution in [0, 0.1) is 0 Å². The minimum atomic E-state index is -3.11. The number of anilines is 1. The smallest absolute Gasteiger partial charge is 0.238 e. The van der Waals surface area contributed by atoms with Gasteiger partial charge in [0.15, 0.2) is 9.84 Å². The summed E-state index contributed by atoms with van der Waals surface area (Å²) in [5.41, 5.74) is 3.86. The van der Waals surface area contributed by atoms with E-state index in [0.717, 1.165) is 48.1 Å². The average molecular weight is 457 g/mol. The van der Waals surface area contributed by atoms with E-state index in [1.54, 1.807) is 23.4 Å². The zero-order chi connectivity index (χ0) is 21.4. The molecule has 4 heterocycles. The zero-order valence-electron chi connectivity index (χ0n) is 16.8. The second kappa shape index (κ2) is 6.53. The lowest BCUT2D eigenvalue weighted by molar-refractivity contribution is -0.120. The van der Waals surface area contributed by atoms with Gasteiger partial charge in [0.25, 0.3) is 0 Å². The highest BCUT2D eigenvalue weighted by Gasteiger charge is 2.59. The Morgan fingerprint density at radius 1 is 1.19 bits per heavy atom. The summed E-state index contributed by atoms with van der Waals surface area (Å²) >= 11 is 6.10. The number of aromatic nitrogens is 3. The van der Waals surface area contributed by atoms with Gasteiger partial charge in [0.2, 0.25) is 5.91 Å². The number of fused-ring (bicyclic) bond motifs is 3. The molecule has 0 atom stereocenters. The molecular weight excluding hydrogens is 436 g/mol. The van der Waals surface area contributed by atoms with Crippen molar-refractivity contribution in [3.63, 3.8) is 0 Å². The third kappa shape index (κ3) is 2.99. The monoisotopic (exact) mass is 456 g/mol. The number of rotatable bonds is 6. The highest BCUT2D eigenvalue weighted by atomic mass is 35.5. The van der Waals surface area contributed by atoms with Crippen LogP contribution >= 0.6 is 11.6 Å². The van der Waals surface area contributed by atoms with Gasteiger partial charge in [0.05, 0.1) is 45.9 Å². The predicted molar refractivity (Wildman–Crippen MR) is 118 cm³/mol.